The van der Waals surface area contributed by atoms with Gasteiger partial charge in [-0.3, -0.25) is 19.3 Å². The van der Waals surface area contributed by atoms with E-state index < -0.39 is 6.09 Å². The molecule has 35 heavy (non-hydrogen) atoms. The number of carbonyl (C=O) groups is 4. The number of anilines is 2. The number of nitrogens with one attached hydrogen (secondary N) is 1. The number of carboxylic acid groups (broad SMARTS) is 1. The fourth-order valence-electron chi connectivity index (χ4n) is 4.21. The van der Waals surface area contributed by atoms with E-state index in [0.717, 1.165) is 11.1 Å². The number of nitrogens with zero attached hydrogens (tertiary/aromatic N) is 3. The SMILES string of the molecule is CNC(=O)CN(C)C(=O)c1ccc(-c2ccc3c(c2)N(C(=O)O)C[C@H](C)N3C(=O)CC(C)C)cc1. The lowest BCUT2D eigenvalue weighted by Crippen LogP contribution is -2.51. The van der Waals surface area contributed by atoms with Gasteiger partial charge in [-0.05, 0) is 48.2 Å². The Morgan fingerprint density at radius 3 is 2.26 bits per heavy atom. The molecule has 0 fully saturated rings. The van der Waals surface area contributed by atoms with Crippen molar-refractivity contribution < 1.29 is 24.3 Å². The molecule has 2 N–H and O–H groups in total. The molecule has 0 spiro atoms. The van der Waals surface area contributed by atoms with E-state index in [2.05, 4.69) is 5.32 Å². The van der Waals surface area contributed by atoms with Gasteiger partial charge in [-0.15, -0.1) is 0 Å². The number of carbonyl (C=O) groups excluding carboxylic acids is 3. The van der Waals surface area contributed by atoms with Crippen LogP contribution >= 0.6 is 0 Å². The number of hydrogen-bond acceptors (Lipinski definition) is 4. The molecule has 3 rings (SSSR count). The Morgan fingerprint density at radius 2 is 1.69 bits per heavy atom. The maximum Gasteiger partial charge on any atom is 0.411 e. The van der Waals surface area contributed by atoms with Gasteiger partial charge in [0, 0.05) is 32.6 Å². The Bertz CT molecular complexity index is 1130. The molecule has 1 aliphatic rings. The van der Waals surface area contributed by atoms with Crippen LogP contribution in [0, 0.1) is 5.92 Å². The zero-order chi connectivity index (χ0) is 25.9. The summed E-state index contributed by atoms with van der Waals surface area (Å²) in [5.41, 5.74) is 3.02. The third kappa shape index (κ3) is 5.62. The number of rotatable bonds is 6. The Kier molecular flexibility index (Phi) is 7.78. The van der Waals surface area contributed by atoms with E-state index >= 15 is 0 Å². The first-order valence-electron chi connectivity index (χ1n) is 11.6. The van der Waals surface area contributed by atoms with Gasteiger partial charge in [-0.25, -0.2) is 4.79 Å². The standard InChI is InChI=1S/C26H32N4O5/c1-16(2)12-24(32)30-17(3)14-29(26(34)35)22-13-20(10-11-21(22)30)18-6-8-19(9-7-18)25(33)28(5)15-23(31)27-4/h6-11,13,16-17H,12,14-15H2,1-5H3,(H,27,31)(H,34,35)/t17-/m0/s1. The lowest BCUT2D eigenvalue weighted by molar-refractivity contribution is -0.121. The van der Waals surface area contributed by atoms with Crippen LogP contribution in [0.3, 0.4) is 0 Å². The normalized spacial score (nSPS) is 15.0. The minimum atomic E-state index is -1.08. The molecule has 0 saturated carbocycles. The van der Waals surface area contributed by atoms with Crippen molar-refractivity contribution in [1.82, 2.24) is 10.2 Å². The van der Waals surface area contributed by atoms with Crippen LogP contribution in [0.5, 0.6) is 0 Å². The third-order valence-corrected chi connectivity index (χ3v) is 5.97. The molecule has 1 atom stereocenters. The highest BCUT2D eigenvalue weighted by Gasteiger charge is 2.35. The van der Waals surface area contributed by atoms with Gasteiger partial charge >= 0.3 is 6.09 Å². The molecular formula is C26H32N4O5. The summed E-state index contributed by atoms with van der Waals surface area (Å²) < 4.78 is 0. The summed E-state index contributed by atoms with van der Waals surface area (Å²) >= 11 is 0. The van der Waals surface area contributed by atoms with Crippen LogP contribution in [0.25, 0.3) is 11.1 Å². The molecule has 1 aliphatic heterocycles. The van der Waals surface area contributed by atoms with E-state index in [-0.39, 0.29) is 42.8 Å². The van der Waals surface area contributed by atoms with Crippen LogP contribution in [0.2, 0.25) is 0 Å². The van der Waals surface area contributed by atoms with Crippen molar-refractivity contribution in [2.75, 3.05) is 37.0 Å². The van der Waals surface area contributed by atoms with Crippen molar-refractivity contribution in [1.29, 1.82) is 0 Å². The second-order valence-electron chi connectivity index (χ2n) is 9.22. The molecular weight excluding hydrogens is 448 g/mol. The van der Waals surface area contributed by atoms with Crippen molar-refractivity contribution >= 4 is 35.2 Å². The summed E-state index contributed by atoms with van der Waals surface area (Å²) in [7, 11) is 3.07. The molecule has 0 unspecified atom stereocenters. The van der Waals surface area contributed by atoms with Crippen molar-refractivity contribution in [3.63, 3.8) is 0 Å². The molecule has 0 saturated heterocycles. The number of likely N-dealkylation sites (N-methyl/N-ethyl adjacent to an activating group) is 2. The lowest BCUT2D eigenvalue weighted by atomic mass is 9.99. The summed E-state index contributed by atoms with van der Waals surface area (Å²) in [5.74, 6) is -0.387. The monoisotopic (exact) mass is 480 g/mol. The summed E-state index contributed by atoms with van der Waals surface area (Å²) in [4.78, 5) is 53.4. The zero-order valence-electron chi connectivity index (χ0n) is 20.7. The van der Waals surface area contributed by atoms with Crippen LogP contribution in [0.1, 0.15) is 37.6 Å². The van der Waals surface area contributed by atoms with Gasteiger partial charge in [0.25, 0.3) is 5.91 Å². The van der Waals surface area contributed by atoms with Crippen LogP contribution in [0.4, 0.5) is 16.2 Å². The predicted molar refractivity (Wildman–Crippen MR) is 135 cm³/mol. The molecule has 0 bridgehead atoms. The molecule has 9 nitrogen and oxygen atoms in total. The van der Waals surface area contributed by atoms with Gasteiger partial charge in [0.2, 0.25) is 11.8 Å². The van der Waals surface area contributed by atoms with Crippen LogP contribution in [-0.4, -0.2) is 67.0 Å². The maximum atomic E-state index is 13.0. The molecule has 1 heterocycles. The van der Waals surface area contributed by atoms with Crippen molar-refractivity contribution in [3.8, 4) is 11.1 Å². The average Bonchev–Trinajstić information content (AvgIpc) is 2.82. The highest BCUT2D eigenvalue weighted by atomic mass is 16.4. The first kappa shape index (κ1) is 25.7. The molecule has 186 valence electrons. The topological polar surface area (TPSA) is 110 Å². The highest BCUT2D eigenvalue weighted by molar-refractivity contribution is 6.03. The molecule has 0 aliphatic carbocycles. The smallest absolute Gasteiger partial charge is 0.411 e. The minimum absolute atomic E-state index is 0.0321. The minimum Gasteiger partial charge on any atom is -0.465 e. The molecule has 9 heteroatoms. The second-order valence-corrected chi connectivity index (χ2v) is 9.22. The Labute approximate surface area is 205 Å². The quantitative estimate of drug-likeness (QED) is 0.658. The van der Waals surface area contributed by atoms with Gasteiger partial charge in [-0.2, -0.15) is 0 Å². The van der Waals surface area contributed by atoms with Crippen LogP contribution in [0.15, 0.2) is 42.5 Å². The van der Waals surface area contributed by atoms with Crippen molar-refractivity contribution in [2.24, 2.45) is 5.92 Å². The number of fused-ring (bicyclic) bond motifs is 1. The predicted octanol–water partition coefficient (Wildman–Crippen LogP) is 3.44. The van der Waals surface area contributed by atoms with Gasteiger partial charge in [-0.1, -0.05) is 32.0 Å². The Hall–Kier alpha value is -3.88. The highest BCUT2D eigenvalue weighted by Crippen LogP contribution is 2.39. The number of hydrogen-bond donors (Lipinski definition) is 2. The molecule has 0 aromatic heterocycles. The number of amides is 4. The molecule has 0 radical (unpaired) electrons. The van der Waals surface area contributed by atoms with E-state index in [1.165, 1.54) is 16.8 Å². The fraction of sp³-hybridized carbons (Fsp3) is 0.385. The summed E-state index contributed by atoms with van der Waals surface area (Å²) in [6.07, 6.45) is -0.700. The first-order valence-corrected chi connectivity index (χ1v) is 11.6. The maximum absolute atomic E-state index is 13.0. The van der Waals surface area contributed by atoms with Gasteiger partial charge in [0.15, 0.2) is 0 Å². The van der Waals surface area contributed by atoms with Gasteiger partial charge in [0.1, 0.15) is 0 Å². The van der Waals surface area contributed by atoms with Crippen LogP contribution in [-0.2, 0) is 9.59 Å². The molecule has 2 aromatic rings. The van der Waals surface area contributed by atoms with Crippen molar-refractivity contribution in [3.05, 3.63) is 48.0 Å². The Morgan fingerprint density at radius 1 is 1.06 bits per heavy atom. The Balaban J connectivity index is 1.93. The van der Waals surface area contributed by atoms with Crippen LogP contribution < -0.4 is 15.1 Å². The fourth-order valence-corrected chi connectivity index (χ4v) is 4.21. The second kappa shape index (κ2) is 10.6. The first-order chi connectivity index (χ1) is 16.5. The lowest BCUT2D eigenvalue weighted by Gasteiger charge is -2.40. The zero-order valence-corrected chi connectivity index (χ0v) is 20.7. The van der Waals surface area contributed by atoms with Crippen molar-refractivity contribution in [2.45, 2.75) is 33.2 Å². The van der Waals surface area contributed by atoms with E-state index in [1.54, 1.807) is 48.3 Å². The summed E-state index contributed by atoms with van der Waals surface area (Å²) in [6, 6.07) is 12.0. The summed E-state index contributed by atoms with van der Waals surface area (Å²) in [5, 5.41) is 12.3. The summed E-state index contributed by atoms with van der Waals surface area (Å²) in [6.45, 7) is 5.94. The van der Waals surface area contributed by atoms with E-state index in [1.807, 2.05) is 26.8 Å². The molecule has 2 aromatic carbocycles. The largest absolute Gasteiger partial charge is 0.465 e. The van der Waals surface area contributed by atoms with E-state index in [0.29, 0.717) is 23.4 Å². The van der Waals surface area contributed by atoms with Gasteiger partial charge in [0.05, 0.1) is 24.0 Å². The van der Waals surface area contributed by atoms with Gasteiger partial charge < -0.3 is 20.2 Å². The average molecular weight is 481 g/mol. The third-order valence-electron chi connectivity index (χ3n) is 5.97. The molecule has 4 amide bonds. The number of benzene rings is 2. The van der Waals surface area contributed by atoms with E-state index in [9.17, 15) is 24.3 Å². The van der Waals surface area contributed by atoms with E-state index in [4.69, 9.17) is 0 Å².